The molecule has 0 N–H and O–H groups in total. The number of rotatable bonds is 2. The SMILES string of the molecule is CCOC(=O)C(=O)N=CN(C)C. The van der Waals surface area contributed by atoms with Gasteiger partial charge in [-0.2, -0.15) is 4.99 Å². The van der Waals surface area contributed by atoms with Crippen LogP contribution in [-0.4, -0.2) is 43.8 Å². The molecule has 0 saturated heterocycles. The molecule has 0 bridgehead atoms. The molecule has 0 fully saturated rings. The van der Waals surface area contributed by atoms with Gasteiger partial charge < -0.3 is 9.64 Å². The van der Waals surface area contributed by atoms with Gasteiger partial charge >= 0.3 is 11.9 Å². The highest BCUT2D eigenvalue weighted by molar-refractivity contribution is 6.34. The second-order valence-corrected chi connectivity index (χ2v) is 2.23. The topological polar surface area (TPSA) is 59.0 Å². The first-order valence-electron chi connectivity index (χ1n) is 3.49. The zero-order chi connectivity index (χ0) is 9.56. The fourth-order valence-electron chi connectivity index (χ4n) is 0.413. The van der Waals surface area contributed by atoms with Gasteiger partial charge in [0.2, 0.25) is 0 Å². The molecule has 0 aliphatic rings. The summed E-state index contributed by atoms with van der Waals surface area (Å²) in [6.07, 6.45) is 1.25. The van der Waals surface area contributed by atoms with E-state index in [0.29, 0.717) is 0 Å². The highest BCUT2D eigenvalue weighted by Crippen LogP contribution is 1.82. The summed E-state index contributed by atoms with van der Waals surface area (Å²) in [5.74, 6) is -1.80. The number of aliphatic imine (C=N–C) groups is 1. The lowest BCUT2D eigenvalue weighted by atomic mass is 10.6. The number of hydrogen-bond donors (Lipinski definition) is 0. The van der Waals surface area contributed by atoms with E-state index in [9.17, 15) is 9.59 Å². The molecule has 1 amide bonds. The van der Waals surface area contributed by atoms with Crippen LogP contribution in [0.15, 0.2) is 4.99 Å². The maximum Gasteiger partial charge on any atom is 0.399 e. The maximum atomic E-state index is 10.7. The number of amides is 1. The van der Waals surface area contributed by atoms with Gasteiger partial charge in [0, 0.05) is 14.1 Å². The lowest BCUT2D eigenvalue weighted by Crippen LogP contribution is -2.17. The fourth-order valence-corrected chi connectivity index (χ4v) is 0.413. The Labute approximate surface area is 71.0 Å². The van der Waals surface area contributed by atoms with Crippen molar-refractivity contribution in [3.63, 3.8) is 0 Å². The second-order valence-electron chi connectivity index (χ2n) is 2.23. The monoisotopic (exact) mass is 172 g/mol. The predicted molar refractivity (Wildman–Crippen MR) is 43.8 cm³/mol. The summed E-state index contributed by atoms with van der Waals surface area (Å²) in [7, 11) is 3.39. The Bertz CT molecular complexity index is 199. The molecule has 0 aromatic heterocycles. The summed E-state index contributed by atoms with van der Waals surface area (Å²) in [4.78, 5) is 26.3. The first kappa shape index (κ1) is 10.6. The van der Waals surface area contributed by atoms with Gasteiger partial charge in [-0.15, -0.1) is 0 Å². The summed E-state index contributed by atoms with van der Waals surface area (Å²) >= 11 is 0. The number of carbonyl (C=O) groups is 2. The Morgan fingerprint density at radius 2 is 2.08 bits per heavy atom. The molecule has 0 heterocycles. The van der Waals surface area contributed by atoms with E-state index in [4.69, 9.17) is 0 Å². The van der Waals surface area contributed by atoms with E-state index in [1.54, 1.807) is 25.9 Å². The van der Waals surface area contributed by atoms with Crippen LogP contribution in [0, 0.1) is 0 Å². The van der Waals surface area contributed by atoms with Crippen LogP contribution in [0.1, 0.15) is 6.92 Å². The molecule has 0 saturated carbocycles. The van der Waals surface area contributed by atoms with Crippen molar-refractivity contribution < 1.29 is 14.3 Å². The van der Waals surface area contributed by atoms with E-state index in [1.165, 1.54) is 6.34 Å². The molecule has 0 atom stereocenters. The molecular weight excluding hydrogens is 160 g/mol. The number of hydrogen-bond acceptors (Lipinski definition) is 3. The van der Waals surface area contributed by atoms with Gasteiger partial charge in [-0.25, -0.2) is 4.79 Å². The molecule has 0 spiro atoms. The first-order chi connectivity index (χ1) is 5.57. The number of carbonyl (C=O) groups excluding carboxylic acids is 2. The molecule has 0 radical (unpaired) electrons. The van der Waals surface area contributed by atoms with Gasteiger partial charge in [0.1, 0.15) is 0 Å². The quantitative estimate of drug-likeness (QED) is 0.247. The third-order valence-electron chi connectivity index (χ3n) is 0.856. The standard InChI is InChI=1S/C7H12N2O3/c1-4-12-7(11)6(10)8-5-9(2)3/h5H,4H2,1-3H3. The van der Waals surface area contributed by atoms with Crippen LogP contribution in [-0.2, 0) is 14.3 Å². The van der Waals surface area contributed by atoms with Gasteiger partial charge in [-0.3, -0.25) is 4.79 Å². The van der Waals surface area contributed by atoms with E-state index >= 15 is 0 Å². The molecule has 0 aromatic carbocycles. The Kier molecular flexibility index (Phi) is 4.67. The van der Waals surface area contributed by atoms with Gasteiger partial charge in [0.05, 0.1) is 12.9 Å². The molecule has 68 valence electrons. The van der Waals surface area contributed by atoms with E-state index in [0.717, 1.165) is 0 Å². The van der Waals surface area contributed by atoms with Crippen molar-refractivity contribution in [3.05, 3.63) is 0 Å². The third kappa shape index (κ3) is 4.43. The molecule has 0 aliphatic heterocycles. The Hall–Kier alpha value is -1.39. The second kappa shape index (κ2) is 5.29. The average molecular weight is 172 g/mol. The predicted octanol–water partition coefficient (Wildman–Crippen LogP) is -0.334. The molecule has 0 aromatic rings. The lowest BCUT2D eigenvalue weighted by molar-refractivity contribution is -0.152. The van der Waals surface area contributed by atoms with Crippen LogP contribution in [0.5, 0.6) is 0 Å². The number of ether oxygens (including phenoxy) is 1. The minimum absolute atomic E-state index is 0.183. The van der Waals surface area contributed by atoms with E-state index < -0.39 is 11.9 Å². The van der Waals surface area contributed by atoms with Crippen LogP contribution >= 0.6 is 0 Å². The fraction of sp³-hybridized carbons (Fsp3) is 0.571. The van der Waals surface area contributed by atoms with Gasteiger partial charge in [0.25, 0.3) is 0 Å². The molecule has 5 nitrogen and oxygen atoms in total. The summed E-state index contributed by atoms with van der Waals surface area (Å²) in [5.41, 5.74) is 0. The van der Waals surface area contributed by atoms with Crippen LogP contribution in [0.4, 0.5) is 0 Å². The van der Waals surface area contributed by atoms with E-state index in [1.807, 2.05) is 0 Å². The molecule has 12 heavy (non-hydrogen) atoms. The molecule has 5 heteroatoms. The van der Waals surface area contributed by atoms with E-state index in [2.05, 4.69) is 9.73 Å². The summed E-state index contributed by atoms with van der Waals surface area (Å²) in [6, 6.07) is 0. The van der Waals surface area contributed by atoms with Crippen molar-refractivity contribution in [2.75, 3.05) is 20.7 Å². The van der Waals surface area contributed by atoms with Crippen molar-refractivity contribution in [1.29, 1.82) is 0 Å². The van der Waals surface area contributed by atoms with Crippen LogP contribution in [0.3, 0.4) is 0 Å². The molecule has 0 unspecified atom stereocenters. The van der Waals surface area contributed by atoms with Crippen molar-refractivity contribution >= 4 is 18.2 Å². The Morgan fingerprint density at radius 1 is 1.50 bits per heavy atom. The zero-order valence-electron chi connectivity index (χ0n) is 7.40. The number of nitrogens with zero attached hydrogens (tertiary/aromatic N) is 2. The van der Waals surface area contributed by atoms with Gasteiger partial charge in [0.15, 0.2) is 0 Å². The van der Waals surface area contributed by atoms with Gasteiger partial charge in [-0.1, -0.05) is 0 Å². The highest BCUT2D eigenvalue weighted by Gasteiger charge is 2.11. The number of esters is 1. The molecular formula is C7H12N2O3. The minimum Gasteiger partial charge on any atom is -0.459 e. The van der Waals surface area contributed by atoms with Crippen molar-refractivity contribution in [2.45, 2.75) is 6.92 Å². The van der Waals surface area contributed by atoms with Crippen molar-refractivity contribution in [1.82, 2.24) is 4.90 Å². The summed E-state index contributed by atoms with van der Waals surface area (Å²) in [6.45, 7) is 1.81. The molecule has 0 aliphatic carbocycles. The normalized spacial score (nSPS) is 9.92. The minimum atomic E-state index is -0.921. The third-order valence-corrected chi connectivity index (χ3v) is 0.856. The lowest BCUT2D eigenvalue weighted by Gasteiger charge is -2.01. The molecule has 0 rings (SSSR count). The average Bonchev–Trinajstić information content (AvgIpc) is 2.00. The Balaban J connectivity index is 3.95. The summed E-state index contributed by atoms with van der Waals surface area (Å²) in [5, 5.41) is 0. The van der Waals surface area contributed by atoms with Crippen molar-refractivity contribution in [3.8, 4) is 0 Å². The van der Waals surface area contributed by atoms with E-state index in [-0.39, 0.29) is 6.61 Å². The van der Waals surface area contributed by atoms with Gasteiger partial charge in [-0.05, 0) is 6.92 Å². The smallest absolute Gasteiger partial charge is 0.399 e. The first-order valence-corrected chi connectivity index (χ1v) is 3.49. The summed E-state index contributed by atoms with van der Waals surface area (Å²) < 4.78 is 4.42. The maximum absolute atomic E-state index is 10.7. The van der Waals surface area contributed by atoms with Crippen LogP contribution in [0.25, 0.3) is 0 Å². The highest BCUT2D eigenvalue weighted by atomic mass is 16.5. The Morgan fingerprint density at radius 3 is 2.50 bits per heavy atom. The largest absolute Gasteiger partial charge is 0.459 e. The van der Waals surface area contributed by atoms with Crippen LogP contribution < -0.4 is 0 Å². The van der Waals surface area contributed by atoms with Crippen molar-refractivity contribution in [2.24, 2.45) is 4.99 Å². The van der Waals surface area contributed by atoms with Crippen LogP contribution in [0.2, 0.25) is 0 Å². The zero-order valence-corrected chi connectivity index (χ0v) is 7.40.